The molecule has 78 valence electrons. The zero-order chi connectivity index (χ0) is 11.0. The summed E-state index contributed by atoms with van der Waals surface area (Å²) >= 11 is 0. The number of rotatable bonds is 3. The van der Waals surface area contributed by atoms with Gasteiger partial charge in [0.1, 0.15) is 0 Å². The van der Waals surface area contributed by atoms with Crippen LogP contribution < -0.4 is 0 Å². The Kier molecular flexibility index (Phi) is 2.31. The molecule has 1 N–H and O–H groups in total. The van der Waals surface area contributed by atoms with Crippen molar-refractivity contribution < 1.29 is 14.7 Å². The van der Waals surface area contributed by atoms with Crippen LogP contribution in [0.1, 0.15) is 22.3 Å². The second kappa shape index (κ2) is 3.50. The van der Waals surface area contributed by atoms with Gasteiger partial charge in [0, 0.05) is 11.5 Å². The predicted octanol–water partition coefficient (Wildman–Crippen LogP) is 1.90. The van der Waals surface area contributed by atoms with Gasteiger partial charge in [0.15, 0.2) is 5.78 Å². The van der Waals surface area contributed by atoms with Crippen LogP contribution in [0.4, 0.5) is 0 Å². The number of aryl methyl sites for hydroxylation is 1. The van der Waals surface area contributed by atoms with E-state index in [0.717, 1.165) is 5.56 Å². The van der Waals surface area contributed by atoms with Gasteiger partial charge in [-0.3, -0.25) is 9.59 Å². The Morgan fingerprint density at radius 1 is 1.20 bits per heavy atom. The lowest BCUT2D eigenvalue weighted by Gasteiger charge is -1.99. The molecule has 1 fully saturated rings. The van der Waals surface area contributed by atoms with Crippen molar-refractivity contribution in [2.24, 2.45) is 11.8 Å². The number of ketones is 1. The van der Waals surface area contributed by atoms with Gasteiger partial charge in [-0.05, 0) is 13.3 Å². The summed E-state index contributed by atoms with van der Waals surface area (Å²) in [5, 5.41) is 8.71. The van der Waals surface area contributed by atoms with Crippen LogP contribution in [-0.2, 0) is 4.79 Å². The second-order valence-electron chi connectivity index (χ2n) is 4.02. The van der Waals surface area contributed by atoms with Crippen LogP contribution in [0, 0.1) is 18.8 Å². The summed E-state index contributed by atoms with van der Waals surface area (Å²) in [7, 11) is 0. The summed E-state index contributed by atoms with van der Waals surface area (Å²) in [6.07, 6.45) is 0.488. The maximum atomic E-state index is 11.8. The molecule has 0 amide bonds. The molecule has 3 nitrogen and oxygen atoms in total. The highest BCUT2D eigenvalue weighted by Gasteiger charge is 2.48. The van der Waals surface area contributed by atoms with Crippen LogP contribution in [0.25, 0.3) is 0 Å². The fourth-order valence-corrected chi connectivity index (χ4v) is 1.69. The highest BCUT2D eigenvalue weighted by atomic mass is 16.4. The first-order valence-electron chi connectivity index (χ1n) is 4.93. The molecule has 3 heteroatoms. The van der Waals surface area contributed by atoms with Crippen molar-refractivity contribution in [3.8, 4) is 0 Å². The predicted molar refractivity (Wildman–Crippen MR) is 54.7 cm³/mol. The minimum atomic E-state index is -0.861. The van der Waals surface area contributed by atoms with Gasteiger partial charge in [-0.1, -0.05) is 29.8 Å². The standard InChI is InChI=1S/C12H12O3/c1-7-2-4-8(5-3-7)11(13)9-6-10(9)12(14)15/h2-5,9-10H,6H2,1H3,(H,14,15)/t9-,10+/m1/s1. The van der Waals surface area contributed by atoms with Crippen molar-refractivity contribution in [1.29, 1.82) is 0 Å². The first kappa shape index (κ1) is 9.90. The van der Waals surface area contributed by atoms with E-state index in [1.54, 1.807) is 12.1 Å². The summed E-state index contributed by atoms with van der Waals surface area (Å²) in [6, 6.07) is 7.25. The molecule has 0 heterocycles. The summed E-state index contributed by atoms with van der Waals surface area (Å²) in [4.78, 5) is 22.4. The lowest BCUT2D eigenvalue weighted by atomic mass is 10.0. The summed E-state index contributed by atoms with van der Waals surface area (Å²) < 4.78 is 0. The smallest absolute Gasteiger partial charge is 0.307 e. The average molecular weight is 204 g/mol. The van der Waals surface area contributed by atoms with E-state index < -0.39 is 11.9 Å². The second-order valence-corrected chi connectivity index (χ2v) is 4.02. The molecular formula is C12H12O3. The van der Waals surface area contributed by atoms with Gasteiger partial charge in [0.25, 0.3) is 0 Å². The Bertz CT molecular complexity index is 405. The Labute approximate surface area is 87.7 Å². The zero-order valence-corrected chi connectivity index (χ0v) is 8.43. The molecule has 0 spiro atoms. The number of carbonyl (C=O) groups excluding carboxylic acids is 1. The van der Waals surface area contributed by atoms with E-state index in [4.69, 9.17) is 5.11 Å². The molecule has 0 aromatic heterocycles. The zero-order valence-electron chi connectivity index (χ0n) is 8.43. The van der Waals surface area contributed by atoms with Gasteiger partial charge < -0.3 is 5.11 Å². The third-order valence-electron chi connectivity index (χ3n) is 2.78. The number of aliphatic carboxylic acids is 1. The van der Waals surface area contributed by atoms with Gasteiger partial charge in [0.2, 0.25) is 0 Å². The van der Waals surface area contributed by atoms with E-state index in [0.29, 0.717) is 12.0 Å². The topological polar surface area (TPSA) is 54.4 Å². The Morgan fingerprint density at radius 2 is 1.80 bits per heavy atom. The molecule has 2 atom stereocenters. The van der Waals surface area contributed by atoms with Crippen LogP contribution in [0.2, 0.25) is 0 Å². The first-order valence-corrected chi connectivity index (χ1v) is 4.93. The van der Waals surface area contributed by atoms with Crippen LogP contribution in [0.15, 0.2) is 24.3 Å². The van der Waals surface area contributed by atoms with E-state index in [1.807, 2.05) is 19.1 Å². The summed E-state index contributed by atoms with van der Waals surface area (Å²) in [5.41, 5.74) is 1.71. The Hall–Kier alpha value is -1.64. The molecular weight excluding hydrogens is 192 g/mol. The van der Waals surface area contributed by atoms with Crippen molar-refractivity contribution in [3.63, 3.8) is 0 Å². The number of hydrogen-bond donors (Lipinski definition) is 1. The minimum absolute atomic E-state index is 0.0394. The van der Waals surface area contributed by atoms with E-state index >= 15 is 0 Å². The Morgan fingerprint density at radius 3 is 2.27 bits per heavy atom. The normalized spacial score (nSPS) is 23.5. The number of carboxylic acid groups (broad SMARTS) is 1. The van der Waals surface area contributed by atoms with E-state index in [1.165, 1.54) is 0 Å². The van der Waals surface area contributed by atoms with Gasteiger partial charge >= 0.3 is 5.97 Å². The third kappa shape index (κ3) is 1.91. The number of carboxylic acids is 1. The van der Waals surface area contributed by atoms with Crippen molar-refractivity contribution in [3.05, 3.63) is 35.4 Å². The quantitative estimate of drug-likeness (QED) is 0.765. The van der Waals surface area contributed by atoms with E-state index in [-0.39, 0.29) is 11.7 Å². The molecule has 0 bridgehead atoms. The van der Waals surface area contributed by atoms with E-state index in [9.17, 15) is 9.59 Å². The molecule has 1 aromatic rings. The molecule has 0 aliphatic heterocycles. The van der Waals surface area contributed by atoms with Crippen LogP contribution in [-0.4, -0.2) is 16.9 Å². The molecule has 1 aliphatic carbocycles. The van der Waals surface area contributed by atoms with E-state index in [2.05, 4.69) is 0 Å². The van der Waals surface area contributed by atoms with Gasteiger partial charge in [-0.15, -0.1) is 0 Å². The molecule has 0 unspecified atom stereocenters. The maximum absolute atomic E-state index is 11.8. The SMILES string of the molecule is Cc1ccc(C(=O)[C@@H]2C[C@@H]2C(=O)O)cc1. The van der Waals surface area contributed by atoms with Gasteiger partial charge in [-0.2, -0.15) is 0 Å². The van der Waals surface area contributed by atoms with Crippen LogP contribution >= 0.6 is 0 Å². The maximum Gasteiger partial charge on any atom is 0.307 e. The Balaban J connectivity index is 2.10. The number of hydrogen-bond acceptors (Lipinski definition) is 2. The molecule has 1 aliphatic rings. The molecule has 0 radical (unpaired) electrons. The summed E-state index contributed by atoms with van der Waals surface area (Å²) in [6.45, 7) is 1.95. The molecule has 2 rings (SSSR count). The summed E-state index contributed by atoms with van der Waals surface area (Å²) in [5.74, 6) is -1.66. The van der Waals surface area contributed by atoms with Crippen molar-refractivity contribution >= 4 is 11.8 Å². The molecule has 15 heavy (non-hydrogen) atoms. The molecule has 1 saturated carbocycles. The largest absolute Gasteiger partial charge is 0.481 e. The van der Waals surface area contributed by atoms with Crippen LogP contribution in [0.5, 0.6) is 0 Å². The molecule has 0 saturated heterocycles. The highest BCUT2D eigenvalue weighted by molar-refractivity contribution is 6.02. The number of Topliss-reactive ketones (excluding diaryl/α,β-unsaturated/α-hetero) is 1. The number of benzene rings is 1. The van der Waals surface area contributed by atoms with Crippen molar-refractivity contribution in [2.75, 3.05) is 0 Å². The fourth-order valence-electron chi connectivity index (χ4n) is 1.69. The minimum Gasteiger partial charge on any atom is -0.481 e. The fraction of sp³-hybridized carbons (Fsp3) is 0.333. The van der Waals surface area contributed by atoms with Crippen molar-refractivity contribution in [1.82, 2.24) is 0 Å². The van der Waals surface area contributed by atoms with Gasteiger partial charge in [0.05, 0.1) is 5.92 Å². The molecule has 1 aromatic carbocycles. The average Bonchev–Trinajstić information content (AvgIpc) is 2.97. The lowest BCUT2D eigenvalue weighted by molar-refractivity contribution is -0.138. The number of carbonyl (C=O) groups is 2. The van der Waals surface area contributed by atoms with Crippen molar-refractivity contribution in [2.45, 2.75) is 13.3 Å². The third-order valence-corrected chi connectivity index (χ3v) is 2.78. The lowest BCUT2D eigenvalue weighted by Crippen LogP contribution is -2.08. The monoisotopic (exact) mass is 204 g/mol. The van der Waals surface area contributed by atoms with Gasteiger partial charge in [-0.25, -0.2) is 0 Å². The first-order chi connectivity index (χ1) is 7.09. The van der Waals surface area contributed by atoms with Crippen LogP contribution in [0.3, 0.4) is 0 Å². The highest BCUT2D eigenvalue weighted by Crippen LogP contribution is 2.41.